The van der Waals surface area contributed by atoms with Gasteiger partial charge in [-0.25, -0.2) is 8.42 Å². The third-order valence-corrected chi connectivity index (χ3v) is 5.67. The van der Waals surface area contributed by atoms with Crippen LogP contribution in [0.15, 0.2) is 18.3 Å². The van der Waals surface area contributed by atoms with E-state index >= 15 is 0 Å². The molecule has 0 bridgehead atoms. The van der Waals surface area contributed by atoms with Crippen molar-refractivity contribution in [3.8, 4) is 0 Å². The van der Waals surface area contributed by atoms with Gasteiger partial charge in [-0.15, -0.1) is 0 Å². The zero-order valence-electron chi connectivity index (χ0n) is 12.7. The van der Waals surface area contributed by atoms with Gasteiger partial charge >= 0.3 is 0 Å². The molecule has 8 heteroatoms. The average Bonchev–Trinajstić information content (AvgIpc) is 3.03. The van der Waals surface area contributed by atoms with Crippen LogP contribution in [0.1, 0.15) is 23.3 Å². The molecule has 2 unspecified atom stereocenters. The maximum atomic E-state index is 12.4. The molecule has 0 aliphatic carbocycles. The molecule has 3 heterocycles. The summed E-state index contributed by atoms with van der Waals surface area (Å²) in [6.07, 6.45) is 4.35. The monoisotopic (exact) mass is 327 g/mol. The van der Waals surface area contributed by atoms with Gasteiger partial charge in [0, 0.05) is 26.4 Å². The van der Waals surface area contributed by atoms with Crippen LogP contribution in [0.4, 0.5) is 0 Å². The molecule has 1 N–H and O–H groups in total. The molecule has 7 nitrogen and oxygen atoms in total. The first-order valence-electron chi connectivity index (χ1n) is 7.38. The third-order valence-electron chi connectivity index (χ3n) is 4.40. The van der Waals surface area contributed by atoms with Gasteiger partial charge in [-0.3, -0.25) is 4.79 Å². The van der Waals surface area contributed by atoms with E-state index in [1.54, 1.807) is 29.9 Å². The molecule has 2 aliphatic heterocycles. The van der Waals surface area contributed by atoms with Crippen LogP contribution in [-0.2, 0) is 21.8 Å². The lowest BCUT2D eigenvalue weighted by Crippen LogP contribution is -2.48. The van der Waals surface area contributed by atoms with Crippen LogP contribution >= 0.6 is 0 Å². The Balaban J connectivity index is 1.79. The summed E-state index contributed by atoms with van der Waals surface area (Å²) in [5.41, 5.74) is 0.546. The van der Waals surface area contributed by atoms with Crippen LogP contribution in [0.25, 0.3) is 0 Å². The molecule has 0 spiro atoms. The number of hydrogen-bond donors (Lipinski definition) is 1. The summed E-state index contributed by atoms with van der Waals surface area (Å²) < 4.78 is 32.9. The van der Waals surface area contributed by atoms with Crippen LogP contribution < -0.4 is 5.32 Å². The fraction of sp³-hybridized carbons (Fsp3) is 0.643. The normalized spacial score (nSPS) is 29.3. The van der Waals surface area contributed by atoms with Gasteiger partial charge in [0.05, 0.1) is 24.4 Å². The van der Waals surface area contributed by atoms with Gasteiger partial charge in [0.1, 0.15) is 5.69 Å². The van der Waals surface area contributed by atoms with Gasteiger partial charge in [-0.05, 0) is 25.0 Å². The van der Waals surface area contributed by atoms with Gasteiger partial charge in [0.25, 0.3) is 5.91 Å². The van der Waals surface area contributed by atoms with Gasteiger partial charge in [-0.1, -0.05) is 0 Å². The Morgan fingerprint density at radius 2 is 2.23 bits per heavy atom. The van der Waals surface area contributed by atoms with Crippen molar-refractivity contribution in [2.24, 2.45) is 7.05 Å². The minimum Gasteiger partial charge on any atom is -0.374 e. The molecule has 2 fully saturated rings. The number of nitrogens with one attached hydrogen (secondary N) is 1. The first kappa shape index (κ1) is 15.5. The van der Waals surface area contributed by atoms with E-state index in [-0.39, 0.29) is 30.6 Å². The first-order valence-corrected chi connectivity index (χ1v) is 9.23. The number of amides is 1. The Bertz CT molecular complexity index is 669. The van der Waals surface area contributed by atoms with Crippen LogP contribution in [0.3, 0.4) is 0 Å². The van der Waals surface area contributed by atoms with E-state index in [2.05, 4.69) is 5.32 Å². The molecule has 3 atom stereocenters. The zero-order valence-corrected chi connectivity index (χ0v) is 13.5. The fourth-order valence-electron chi connectivity index (χ4n) is 3.36. The first-order chi connectivity index (χ1) is 10.4. The molecule has 2 saturated heterocycles. The Hall–Kier alpha value is -1.38. The van der Waals surface area contributed by atoms with Crippen LogP contribution in [0.5, 0.6) is 0 Å². The van der Waals surface area contributed by atoms with E-state index in [1.165, 1.54) is 10.6 Å². The molecular weight excluding hydrogens is 306 g/mol. The molecule has 122 valence electrons. The average molecular weight is 327 g/mol. The van der Waals surface area contributed by atoms with Crippen molar-refractivity contribution in [3.63, 3.8) is 0 Å². The molecule has 0 radical (unpaired) electrons. The second-order valence-corrected chi connectivity index (χ2v) is 7.90. The van der Waals surface area contributed by atoms with Gasteiger partial charge in [0.2, 0.25) is 10.0 Å². The number of carbonyl (C=O) groups excluding carboxylic acids is 1. The standard InChI is InChI=1S/C14H21N3O4S/c1-16-7-3-5-12(16)14(18)15-10-9-17(22(2,19)20)11-6-4-8-21-13(10)11/h3,5,7,10-11,13H,4,6,8-9H2,1-2H3,(H,15,18)/t10-,11?,13?/m0/s1. The summed E-state index contributed by atoms with van der Waals surface area (Å²) in [4.78, 5) is 12.4. The van der Waals surface area contributed by atoms with E-state index in [0.29, 0.717) is 12.3 Å². The minimum absolute atomic E-state index is 0.178. The van der Waals surface area contributed by atoms with Crippen LogP contribution in [0.2, 0.25) is 0 Å². The number of aryl methyl sites for hydroxylation is 1. The highest BCUT2D eigenvalue weighted by molar-refractivity contribution is 7.88. The molecule has 0 aromatic carbocycles. The minimum atomic E-state index is -3.31. The molecular formula is C14H21N3O4S. The Labute approximate surface area is 130 Å². The number of ether oxygens (including phenoxy) is 1. The summed E-state index contributed by atoms with van der Waals surface area (Å²) in [7, 11) is -1.51. The zero-order chi connectivity index (χ0) is 15.9. The lowest BCUT2D eigenvalue weighted by Gasteiger charge is -2.31. The smallest absolute Gasteiger partial charge is 0.268 e. The lowest BCUT2D eigenvalue weighted by molar-refractivity contribution is -0.0104. The maximum Gasteiger partial charge on any atom is 0.268 e. The summed E-state index contributed by atoms with van der Waals surface area (Å²) in [5, 5.41) is 2.93. The molecule has 1 aromatic rings. The second-order valence-electron chi connectivity index (χ2n) is 5.96. The Kier molecular flexibility index (Phi) is 4.00. The highest BCUT2D eigenvalue weighted by Crippen LogP contribution is 2.30. The maximum absolute atomic E-state index is 12.4. The van der Waals surface area contributed by atoms with Crippen molar-refractivity contribution in [2.75, 3.05) is 19.4 Å². The summed E-state index contributed by atoms with van der Waals surface area (Å²) in [6.45, 7) is 0.875. The van der Waals surface area contributed by atoms with E-state index < -0.39 is 10.0 Å². The molecule has 22 heavy (non-hydrogen) atoms. The highest BCUT2D eigenvalue weighted by atomic mass is 32.2. The third kappa shape index (κ3) is 2.78. The van der Waals surface area contributed by atoms with E-state index in [1.807, 2.05) is 0 Å². The number of nitrogens with zero attached hydrogens (tertiary/aromatic N) is 2. The van der Waals surface area contributed by atoms with E-state index in [9.17, 15) is 13.2 Å². The van der Waals surface area contributed by atoms with Crippen molar-refractivity contribution in [1.29, 1.82) is 0 Å². The topological polar surface area (TPSA) is 80.6 Å². The second kappa shape index (κ2) is 5.68. The van der Waals surface area contributed by atoms with Crippen molar-refractivity contribution in [2.45, 2.75) is 31.0 Å². The summed E-state index contributed by atoms with van der Waals surface area (Å²) >= 11 is 0. The van der Waals surface area contributed by atoms with Gasteiger partial charge in [0.15, 0.2) is 0 Å². The Morgan fingerprint density at radius 3 is 2.86 bits per heavy atom. The molecule has 2 aliphatic rings. The predicted octanol–water partition coefficient (Wildman–Crippen LogP) is -0.0537. The Morgan fingerprint density at radius 1 is 1.45 bits per heavy atom. The number of aromatic nitrogens is 1. The SMILES string of the molecule is Cn1cccc1C(=O)N[C@H]1CN(S(C)(=O)=O)C2CCCOC21. The lowest BCUT2D eigenvalue weighted by atomic mass is 10.0. The molecule has 3 rings (SSSR count). The molecule has 1 amide bonds. The molecule has 1 aromatic heterocycles. The van der Waals surface area contributed by atoms with Gasteiger partial charge < -0.3 is 14.6 Å². The summed E-state index contributed by atoms with van der Waals surface area (Å²) in [6, 6.07) is 3.04. The van der Waals surface area contributed by atoms with Gasteiger partial charge in [-0.2, -0.15) is 4.31 Å². The van der Waals surface area contributed by atoms with Crippen molar-refractivity contribution >= 4 is 15.9 Å². The van der Waals surface area contributed by atoms with Crippen LogP contribution in [0, 0.1) is 0 Å². The van der Waals surface area contributed by atoms with E-state index in [0.717, 1.165) is 12.8 Å². The molecule has 0 saturated carbocycles. The largest absolute Gasteiger partial charge is 0.374 e. The number of hydrogen-bond acceptors (Lipinski definition) is 4. The number of rotatable bonds is 3. The van der Waals surface area contributed by atoms with Crippen molar-refractivity contribution in [3.05, 3.63) is 24.0 Å². The number of carbonyl (C=O) groups is 1. The predicted molar refractivity (Wildman–Crippen MR) is 81.0 cm³/mol. The summed E-state index contributed by atoms with van der Waals surface area (Å²) in [5.74, 6) is -0.208. The number of sulfonamides is 1. The number of fused-ring (bicyclic) bond motifs is 1. The highest BCUT2D eigenvalue weighted by Gasteiger charge is 2.48. The van der Waals surface area contributed by atoms with Crippen molar-refractivity contribution < 1.29 is 17.9 Å². The van der Waals surface area contributed by atoms with Crippen LogP contribution in [-0.4, -0.2) is 60.8 Å². The fourth-order valence-corrected chi connectivity index (χ4v) is 4.51. The van der Waals surface area contributed by atoms with E-state index in [4.69, 9.17) is 4.74 Å². The quantitative estimate of drug-likeness (QED) is 0.844. The van der Waals surface area contributed by atoms with Crippen molar-refractivity contribution in [1.82, 2.24) is 14.2 Å².